The van der Waals surface area contributed by atoms with E-state index in [0.29, 0.717) is 11.7 Å². The number of pyridine rings is 1. The van der Waals surface area contributed by atoms with Gasteiger partial charge < -0.3 is 19.2 Å². The molecule has 0 bridgehead atoms. The first-order valence-corrected chi connectivity index (χ1v) is 11.6. The van der Waals surface area contributed by atoms with Crippen LogP contribution in [0.2, 0.25) is 0 Å². The molecule has 0 spiro atoms. The van der Waals surface area contributed by atoms with Crippen molar-refractivity contribution in [2.45, 2.75) is 46.3 Å². The summed E-state index contributed by atoms with van der Waals surface area (Å²) in [5.74, 6) is 0.884. The third kappa shape index (κ3) is 3.74. The molecule has 1 aromatic carbocycles. The molecule has 1 N–H and O–H groups in total. The van der Waals surface area contributed by atoms with Crippen LogP contribution in [0.25, 0.3) is 5.69 Å². The molecule has 0 aliphatic carbocycles. The summed E-state index contributed by atoms with van der Waals surface area (Å²) >= 11 is 5.82. The van der Waals surface area contributed by atoms with E-state index in [2.05, 4.69) is 77.8 Å². The number of thiocarbonyl (C=S) groups is 1. The van der Waals surface area contributed by atoms with Crippen LogP contribution in [0.5, 0.6) is 0 Å². The van der Waals surface area contributed by atoms with E-state index in [1.54, 1.807) is 6.26 Å². The van der Waals surface area contributed by atoms with Gasteiger partial charge in [-0.1, -0.05) is 24.3 Å². The number of benzene rings is 1. The van der Waals surface area contributed by atoms with Gasteiger partial charge >= 0.3 is 0 Å². The van der Waals surface area contributed by atoms with E-state index < -0.39 is 0 Å². The third-order valence-electron chi connectivity index (χ3n) is 6.56. The van der Waals surface area contributed by atoms with Gasteiger partial charge in [0.15, 0.2) is 5.11 Å². The lowest BCUT2D eigenvalue weighted by Gasteiger charge is -2.27. The van der Waals surface area contributed by atoms with Gasteiger partial charge in [0.05, 0.1) is 36.3 Å². The van der Waals surface area contributed by atoms with Gasteiger partial charge in [0.1, 0.15) is 5.76 Å². The van der Waals surface area contributed by atoms with Crippen molar-refractivity contribution in [3.8, 4) is 5.69 Å². The van der Waals surface area contributed by atoms with E-state index >= 15 is 0 Å². The van der Waals surface area contributed by atoms with Crippen LogP contribution in [-0.4, -0.2) is 19.6 Å². The zero-order valence-electron chi connectivity index (χ0n) is 19.4. The molecule has 0 amide bonds. The van der Waals surface area contributed by atoms with Crippen molar-refractivity contribution in [2.24, 2.45) is 0 Å². The van der Waals surface area contributed by atoms with E-state index in [1.165, 1.54) is 33.8 Å². The highest BCUT2D eigenvalue weighted by Gasteiger charge is 2.41. The highest BCUT2D eigenvalue weighted by molar-refractivity contribution is 7.80. The van der Waals surface area contributed by atoms with Crippen LogP contribution in [0, 0.1) is 27.7 Å². The molecule has 168 valence electrons. The number of rotatable bonds is 5. The molecule has 4 aromatic rings. The SMILES string of the molecule is Cc1cccc(C)c1-n1c(C)cc([C@@H]2[C@@H](c3ccccn3)NC(=S)N2Cc2ccco2)c1C. The number of hydrogen-bond acceptors (Lipinski definition) is 3. The predicted octanol–water partition coefficient (Wildman–Crippen LogP) is 5.87. The summed E-state index contributed by atoms with van der Waals surface area (Å²) in [5, 5.41) is 4.26. The average molecular weight is 457 g/mol. The normalized spacial score (nSPS) is 18.1. The van der Waals surface area contributed by atoms with E-state index in [1.807, 2.05) is 30.5 Å². The molecular formula is C27H28N4OS. The predicted molar refractivity (Wildman–Crippen MR) is 134 cm³/mol. The zero-order valence-corrected chi connectivity index (χ0v) is 20.2. The van der Waals surface area contributed by atoms with E-state index in [-0.39, 0.29) is 12.1 Å². The zero-order chi connectivity index (χ0) is 23.1. The van der Waals surface area contributed by atoms with Gasteiger partial charge in [-0.15, -0.1) is 0 Å². The monoisotopic (exact) mass is 456 g/mol. The standard InChI is InChI=1S/C27H28N4OS/c1-17-9-7-10-18(2)25(17)31-19(3)15-22(20(31)4)26-24(23-12-5-6-13-28-23)29-27(33)30(26)16-21-11-8-14-32-21/h5-15,24,26H,16H2,1-4H3,(H,29,33)/t24-,26-/m1/s1. The first-order valence-electron chi connectivity index (χ1n) is 11.2. The number of nitrogens with one attached hydrogen (secondary N) is 1. The molecule has 1 saturated heterocycles. The topological polar surface area (TPSA) is 46.2 Å². The number of furan rings is 1. The summed E-state index contributed by atoms with van der Waals surface area (Å²) in [6.07, 6.45) is 3.55. The van der Waals surface area contributed by atoms with E-state index in [9.17, 15) is 0 Å². The number of hydrogen-bond donors (Lipinski definition) is 1. The molecule has 5 nitrogen and oxygen atoms in total. The van der Waals surface area contributed by atoms with Crippen molar-refractivity contribution in [3.63, 3.8) is 0 Å². The van der Waals surface area contributed by atoms with E-state index in [4.69, 9.17) is 16.6 Å². The molecule has 0 unspecified atom stereocenters. The first-order chi connectivity index (χ1) is 16.0. The fourth-order valence-corrected chi connectivity index (χ4v) is 5.38. The average Bonchev–Trinajstić information content (AvgIpc) is 3.50. The Labute approximate surface area is 200 Å². The Morgan fingerprint density at radius 1 is 1.00 bits per heavy atom. The maximum absolute atomic E-state index is 5.82. The number of aromatic nitrogens is 2. The van der Waals surface area contributed by atoms with Crippen molar-refractivity contribution < 1.29 is 4.42 Å². The third-order valence-corrected chi connectivity index (χ3v) is 6.91. The minimum Gasteiger partial charge on any atom is -0.467 e. The molecular weight excluding hydrogens is 428 g/mol. The van der Waals surface area contributed by atoms with Crippen LogP contribution in [-0.2, 0) is 6.54 Å². The number of para-hydroxylation sites is 1. The Morgan fingerprint density at radius 3 is 2.45 bits per heavy atom. The molecule has 2 atom stereocenters. The smallest absolute Gasteiger partial charge is 0.170 e. The van der Waals surface area contributed by atoms with Gasteiger partial charge in [0.2, 0.25) is 0 Å². The van der Waals surface area contributed by atoms with Crippen LogP contribution in [0.1, 0.15) is 51.6 Å². The Kier molecular flexibility index (Phi) is 5.54. The minimum absolute atomic E-state index is 0.0122. The number of aryl methyl sites for hydroxylation is 3. The van der Waals surface area contributed by atoms with Crippen molar-refractivity contribution >= 4 is 17.3 Å². The first kappa shape index (κ1) is 21.5. The minimum atomic E-state index is -0.0550. The Bertz CT molecular complexity index is 1270. The molecule has 3 aromatic heterocycles. The lowest BCUT2D eigenvalue weighted by molar-refractivity contribution is 0.286. The summed E-state index contributed by atoms with van der Waals surface area (Å²) in [6, 6.07) is 18.6. The molecule has 4 heterocycles. The Balaban J connectivity index is 1.66. The van der Waals surface area contributed by atoms with Crippen molar-refractivity contribution in [3.05, 3.63) is 107 Å². The van der Waals surface area contributed by atoms with Gasteiger partial charge in [0, 0.05) is 17.6 Å². The fraction of sp³-hybridized carbons (Fsp3) is 0.259. The molecule has 1 aliphatic heterocycles. The van der Waals surface area contributed by atoms with Crippen molar-refractivity contribution in [1.82, 2.24) is 19.8 Å². The summed E-state index contributed by atoms with van der Waals surface area (Å²) < 4.78 is 8.06. The second-order valence-corrected chi connectivity index (χ2v) is 9.12. The second-order valence-electron chi connectivity index (χ2n) is 8.74. The molecule has 1 aliphatic rings. The quantitative estimate of drug-likeness (QED) is 0.381. The summed E-state index contributed by atoms with van der Waals surface area (Å²) in [7, 11) is 0. The molecule has 33 heavy (non-hydrogen) atoms. The highest BCUT2D eigenvalue weighted by Crippen LogP contribution is 2.42. The fourth-order valence-electron chi connectivity index (χ4n) is 5.07. The second kappa shape index (κ2) is 8.52. The Morgan fingerprint density at radius 2 is 1.79 bits per heavy atom. The molecule has 0 saturated carbocycles. The highest BCUT2D eigenvalue weighted by atomic mass is 32.1. The summed E-state index contributed by atoms with van der Waals surface area (Å²) in [5.41, 5.74) is 8.41. The van der Waals surface area contributed by atoms with Crippen LogP contribution in [0.15, 0.2) is 71.5 Å². The van der Waals surface area contributed by atoms with Gasteiger partial charge in [-0.05, 0) is 86.9 Å². The lowest BCUT2D eigenvalue weighted by Crippen LogP contribution is -2.29. The molecule has 5 rings (SSSR count). The lowest BCUT2D eigenvalue weighted by atomic mass is 9.96. The maximum Gasteiger partial charge on any atom is 0.170 e. The van der Waals surface area contributed by atoms with Crippen molar-refractivity contribution in [1.29, 1.82) is 0 Å². The molecule has 1 fully saturated rings. The summed E-state index contributed by atoms with van der Waals surface area (Å²) in [6.45, 7) is 9.33. The van der Waals surface area contributed by atoms with Gasteiger partial charge in [-0.3, -0.25) is 4.98 Å². The van der Waals surface area contributed by atoms with Crippen LogP contribution < -0.4 is 5.32 Å². The molecule has 6 heteroatoms. The maximum atomic E-state index is 5.82. The van der Waals surface area contributed by atoms with Gasteiger partial charge in [-0.25, -0.2) is 0 Å². The van der Waals surface area contributed by atoms with E-state index in [0.717, 1.165) is 11.5 Å². The van der Waals surface area contributed by atoms with Gasteiger partial charge in [0.25, 0.3) is 0 Å². The largest absolute Gasteiger partial charge is 0.467 e. The molecule has 0 radical (unpaired) electrons. The van der Waals surface area contributed by atoms with Crippen LogP contribution >= 0.6 is 12.2 Å². The Hall–Kier alpha value is -3.38. The number of nitrogens with zero attached hydrogens (tertiary/aromatic N) is 3. The summed E-state index contributed by atoms with van der Waals surface area (Å²) in [4.78, 5) is 6.90. The van der Waals surface area contributed by atoms with Crippen molar-refractivity contribution in [2.75, 3.05) is 0 Å². The van der Waals surface area contributed by atoms with Gasteiger partial charge in [-0.2, -0.15) is 0 Å². The van der Waals surface area contributed by atoms with Crippen LogP contribution in [0.3, 0.4) is 0 Å². The van der Waals surface area contributed by atoms with Crippen LogP contribution in [0.4, 0.5) is 0 Å².